The normalized spacial score (nSPS) is 10.8. The van der Waals surface area contributed by atoms with Crippen molar-refractivity contribution in [2.45, 2.75) is 27.7 Å². The molecule has 2 aromatic rings. The van der Waals surface area contributed by atoms with E-state index in [0.717, 1.165) is 16.7 Å². The molecule has 138 valence electrons. The van der Waals surface area contributed by atoms with Crippen LogP contribution in [0, 0.1) is 13.8 Å². The molecule has 2 aromatic carbocycles. The third-order valence-electron chi connectivity index (χ3n) is 3.61. The van der Waals surface area contributed by atoms with Crippen molar-refractivity contribution in [2.24, 2.45) is 0 Å². The van der Waals surface area contributed by atoms with Crippen LogP contribution in [0.3, 0.4) is 0 Å². The molecule has 26 heavy (non-hydrogen) atoms. The van der Waals surface area contributed by atoms with Gasteiger partial charge < -0.3 is 14.2 Å². The molecule has 5 heteroatoms. The highest BCUT2D eigenvalue weighted by Crippen LogP contribution is 2.29. The van der Waals surface area contributed by atoms with E-state index < -0.39 is 5.97 Å². The Hall–Kier alpha value is -2.46. The fourth-order valence-electron chi connectivity index (χ4n) is 2.45. The Morgan fingerprint density at radius 3 is 2.23 bits per heavy atom. The van der Waals surface area contributed by atoms with Gasteiger partial charge in [0.1, 0.15) is 5.75 Å². The third kappa shape index (κ3) is 5.27. The largest absolute Gasteiger partial charge is 0.490 e. The molecule has 0 N–H and O–H groups in total. The monoisotopic (exact) mass is 374 g/mol. The highest BCUT2D eigenvalue weighted by atomic mass is 35.5. The minimum atomic E-state index is -0.460. The molecule has 0 spiro atoms. The Kier molecular flexibility index (Phi) is 7.10. The van der Waals surface area contributed by atoms with E-state index in [-0.39, 0.29) is 0 Å². The quantitative estimate of drug-likeness (QED) is 0.371. The standard InChI is InChI=1S/C21H23ClO4/c1-5-24-18-9-7-16(13-19(18)25-6-2)8-10-20(23)26-17-11-14(3)21(22)15(4)12-17/h7-13H,5-6H2,1-4H3/b10-8+. The zero-order chi connectivity index (χ0) is 19.1. The number of esters is 1. The summed E-state index contributed by atoms with van der Waals surface area (Å²) in [5, 5.41) is 0.679. The number of carbonyl (C=O) groups is 1. The number of carbonyl (C=O) groups excluding carboxylic acids is 1. The highest BCUT2D eigenvalue weighted by Gasteiger charge is 2.08. The molecule has 0 radical (unpaired) electrons. The smallest absolute Gasteiger partial charge is 0.336 e. The van der Waals surface area contributed by atoms with Crippen molar-refractivity contribution in [1.29, 1.82) is 0 Å². The second kappa shape index (κ2) is 9.30. The van der Waals surface area contributed by atoms with Crippen LogP contribution in [0.2, 0.25) is 5.02 Å². The first-order valence-electron chi connectivity index (χ1n) is 8.50. The molecule has 0 aromatic heterocycles. The van der Waals surface area contributed by atoms with Crippen LogP contribution in [0.5, 0.6) is 17.2 Å². The zero-order valence-electron chi connectivity index (χ0n) is 15.5. The summed E-state index contributed by atoms with van der Waals surface area (Å²) in [6.07, 6.45) is 3.06. The fraction of sp³-hybridized carbons (Fsp3) is 0.286. The molecule has 0 saturated carbocycles. The first kappa shape index (κ1) is 19.9. The second-order valence-corrected chi connectivity index (χ2v) is 6.08. The van der Waals surface area contributed by atoms with E-state index >= 15 is 0 Å². The van der Waals surface area contributed by atoms with E-state index in [4.69, 9.17) is 25.8 Å². The Labute approximate surface area is 159 Å². The van der Waals surface area contributed by atoms with Crippen molar-refractivity contribution in [1.82, 2.24) is 0 Å². The summed E-state index contributed by atoms with van der Waals surface area (Å²) in [6, 6.07) is 8.99. The van der Waals surface area contributed by atoms with Gasteiger partial charge in [0.15, 0.2) is 11.5 Å². The first-order chi connectivity index (χ1) is 12.4. The average molecular weight is 375 g/mol. The lowest BCUT2D eigenvalue weighted by atomic mass is 10.1. The lowest BCUT2D eigenvalue weighted by molar-refractivity contribution is -0.128. The summed E-state index contributed by atoms with van der Waals surface area (Å²) in [5.41, 5.74) is 2.55. The molecule has 4 nitrogen and oxygen atoms in total. The van der Waals surface area contributed by atoms with E-state index in [1.807, 2.05) is 45.9 Å². The van der Waals surface area contributed by atoms with Crippen molar-refractivity contribution < 1.29 is 19.0 Å². The molecular weight excluding hydrogens is 352 g/mol. The van der Waals surface area contributed by atoms with Gasteiger partial charge in [-0.2, -0.15) is 0 Å². The van der Waals surface area contributed by atoms with Gasteiger partial charge in [-0.25, -0.2) is 4.79 Å². The predicted molar refractivity (Wildman–Crippen MR) is 104 cm³/mol. The molecule has 0 unspecified atom stereocenters. The summed E-state index contributed by atoms with van der Waals surface area (Å²) in [6.45, 7) is 8.66. The molecular formula is C21H23ClO4. The molecule has 0 atom stereocenters. The van der Waals surface area contributed by atoms with Crippen molar-refractivity contribution in [3.63, 3.8) is 0 Å². The van der Waals surface area contributed by atoms with Gasteiger partial charge in [-0.15, -0.1) is 0 Å². The van der Waals surface area contributed by atoms with Gasteiger partial charge in [0.05, 0.1) is 13.2 Å². The summed E-state index contributed by atoms with van der Waals surface area (Å²) in [7, 11) is 0. The maximum absolute atomic E-state index is 12.1. The van der Waals surface area contributed by atoms with E-state index in [0.29, 0.717) is 35.5 Å². The highest BCUT2D eigenvalue weighted by molar-refractivity contribution is 6.32. The van der Waals surface area contributed by atoms with Crippen LogP contribution in [0.15, 0.2) is 36.4 Å². The van der Waals surface area contributed by atoms with Crippen LogP contribution in [-0.2, 0) is 4.79 Å². The van der Waals surface area contributed by atoms with Crippen LogP contribution in [0.25, 0.3) is 6.08 Å². The number of benzene rings is 2. The van der Waals surface area contributed by atoms with Crippen molar-refractivity contribution in [3.8, 4) is 17.2 Å². The Bertz CT molecular complexity index is 789. The minimum absolute atomic E-state index is 0.460. The van der Waals surface area contributed by atoms with Crippen LogP contribution < -0.4 is 14.2 Å². The molecule has 0 aliphatic carbocycles. The van der Waals surface area contributed by atoms with Crippen molar-refractivity contribution in [2.75, 3.05) is 13.2 Å². The lowest BCUT2D eigenvalue weighted by Gasteiger charge is -2.11. The zero-order valence-corrected chi connectivity index (χ0v) is 16.2. The van der Waals surface area contributed by atoms with Crippen molar-refractivity contribution in [3.05, 3.63) is 58.1 Å². The van der Waals surface area contributed by atoms with Gasteiger partial charge in [0, 0.05) is 11.1 Å². The molecule has 0 amide bonds. The minimum Gasteiger partial charge on any atom is -0.490 e. The van der Waals surface area contributed by atoms with Gasteiger partial charge in [-0.3, -0.25) is 0 Å². The van der Waals surface area contributed by atoms with Gasteiger partial charge in [0.25, 0.3) is 0 Å². The predicted octanol–water partition coefficient (Wildman–Crippen LogP) is 5.37. The summed E-state index contributed by atoms with van der Waals surface area (Å²) in [4.78, 5) is 12.1. The number of hydrogen-bond donors (Lipinski definition) is 0. The Morgan fingerprint density at radius 2 is 1.62 bits per heavy atom. The Morgan fingerprint density at radius 1 is 1.00 bits per heavy atom. The molecule has 0 aliphatic rings. The summed E-state index contributed by atoms with van der Waals surface area (Å²) >= 11 is 6.13. The first-order valence-corrected chi connectivity index (χ1v) is 8.88. The van der Waals surface area contributed by atoms with E-state index in [9.17, 15) is 4.79 Å². The number of halogens is 1. The van der Waals surface area contributed by atoms with Crippen molar-refractivity contribution >= 4 is 23.6 Å². The van der Waals surface area contributed by atoms with Crippen LogP contribution in [0.1, 0.15) is 30.5 Å². The maximum Gasteiger partial charge on any atom is 0.336 e. The Balaban J connectivity index is 2.11. The van der Waals surface area contributed by atoms with Crippen LogP contribution in [0.4, 0.5) is 0 Å². The molecule has 0 bridgehead atoms. The number of aryl methyl sites for hydroxylation is 2. The maximum atomic E-state index is 12.1. The number of hydrogen-bond acceptors (Lipinski definition) is 4. The summed E-state index contributed by atoms with van der Waals surface area (Å²) in [5.74, 6) is 1.34. The van der Waals surface area contributed by atoms with Gasteiger partial charge in [-0.05, 0) is 74.7 Å². The third-order valence-corrected chi connectivity index (χ3v) is 4.20. The van der Waals surface area contributed by atoms with Crippen LogP contribution in [-0.4, -0.2) is 19.2 Å². The molecule has 2 rings (SSSR count). The van der Waals surface area contributed by atoms with Gasteiger partial charge >= 0.3 is 5.97 Å². The molecule has 0 saturated heterocycles. The summed E-state index contributed by atoms with van der Waals surface area (Å²) < 4.78 is 16.5. The van der Waals surface area contributed by atoms with Crippen LogP contribution >= 0.6 is 11.6 Å². The number of rotatable bonds is 7. The van der Waals surface area contributed by atoms with E-state index in [1.54, 1.807) is 18.2 Å². The van der Waals surface area contributed by atoms with Gasteiger partial charge in [0.2, 0.25) is 0 Å². The molecule has 0 fully saturated rings. The topological polar surface area (TPSA) is 44.8 Å². The fourth-order valence-corrected chi connectivity index (χ4v) is 2.56. The SMILES string of the molecule is CCOc1ccc(/C=C/C(=O)Oc2cc(C)c(Cl)c(C)c2)cc1OCC. The van der Waals surface area contributed by atoms with E-state index in [2.05, 4.69) is 0 Å². The molecule has 0 aliphatic heterocycles. The molecule has 0 heterocycles. The second-order valence-electron chi connectivity index (χ2n) is 5.70. The average Bonchev–Trinajstić information content (AvgIpc) is 2.60. The van der Waals surface area contributed by atoms with E-state index in [1.165, 1.54) is 6.08 Å². The van der Waals surface area contributed by atoms with Gasteiger partial charge in [-0.1, -0.05) is 17.7 Å². The number of ether oxygens (including phenoxy) is 3. The lowest BCUT2D eigenvalue weighted by Crippen LogP contribution is -2.04.